The van der Waals surface area contributed by atoms with Gasteiger partial charge in [-0.05, 0) is 26.8 Å². The lowest BCUT2D eigenvalue weighted by Crippen LogP contribution is -2.47. The fourth-order valence-electron chi connectivity index (χ4n) is 1.52. The number of hydrogen-bond donors (Lipinski definition) is 2. The quantitative estimate of drug-likeness (QED) is 0.572. The molecule has 0 aliphatic rings. The van der Waals surface area contributed by atoms with Crippen molar-refractivity contribution in [3.63, 3.8) is 0 Å². The van der Waals surface area contributed by atoms with Crippen LogP contribution in [0.15, 0.2) is 0 Å². The molecule has 0 fully saturated rings. The predicted molar refractivity (Wildman–Crippen MR) is 69.1 cm³/mol. The summed E-state index contributed by atoms with van der Waals surface area (Å²) in [4.78, 5) is 2.15. The van der Waals surface area contributed by atoms with Crippen molar-refractivity contribution >= 4 is 0 Å². The highest BCUT2D eigenvalue weighted by molar-refractivity contribution is 4.83. The molecule has 0 radical (unpaired) electrons. The first kappa shape index (κ1) is 16.8. The lowest BCUT2D eigenvalue weighted by molar-refractivity contribution is -0.00448. The SMILES string of the molecule is COCCN(CCO)CCC(N)C(C)(C)OC. The summed E-state index contributed by atoms with van der Waals surface area (Å²) in [6, 6.07) is -0.0174. The standard InChI is InChI=1S/C12H28N2O3/c1-12(2,17-4)11(13)5-6-14(7-9-15)8-10-16-3/h11,15H,5-10,13H2,1-4H3. The minimum absolute atomic E-state index is 0.0174. The Labute approximate surface area is 105 Å². The number of rotatable bonds is 10. The maximum Gasteiger partial charge on any atom is 0.0773 e. The second-order valence-corrected chi connectivity index (χ2v) is 4.76. The van der Waals surface area contributed by atoms with Crippen LogP contribution in [0.1, 0.15) is 20.3 Å². The van der Waals surface area contributed by atoms with Crippen molar-refractivity contribution in [1.29, 1.82) is 0 Å². The molecule has 3 N–H and O–H groups in total. The topological polar surface area (TPSA) is 68.0 Å². The van der Waals surface area contributed by atoms with E-state index in [4.69, 9.17) is 20.3 Å². The molecule has 104 valence electrons. The monoisotopic (exact) mass is 248 g/mol. The normalized spacial score (nSPS) is 14.3. The first-order chi connectivity index (χ1) is 7.97. The second kappa shape index (κ2) is 8.83. The molecule has 0 aromatic carbocycles. The first-order valence-corrected chi connectivity index (χ1v) is 6.10. The van der Waals surface area contributed by atoms with Crippen LogP contribution >= 0.6 is 0 Å². The van der Waals surface area contributed by atoms with Gasteiger partial charge in [-0.25, -0.2) is 0 Å². The molecule has 1 unspecified atom stereocenters. The van der Waals surface area contributed by atoms with Crippen molar-refractivity contribution in [3.8, 4) is 0 Å². The summed E-state index contributed by atoms with van der Waals surface area (Å²) in [6.07, 6.45) is 0.838. The zero-order valence-corrected chi connectivity index (χ0v) is 11.6. The summed E-state index contributed by atoms with van der Waals surface area (Å²) >= 11 is 0. The molecule has 0 bridgehead atoms. The largest absolute Gasteiger partial charge is 0.395 e. The van der Waals surface area contributed by atoms with Gasteiger partial charge in [-0.2, -0.15) is 0 Å². The smallest absolute Gasteiger partial charge is 0.0773 e. The molecule has 0 spiro atoms. The maximum atomic E-state index is 8.97. The highest BCUT2D eigenvalue weighted by Gasteiger charge is 2.25. The molecule has 5 nitrogen and oxygen atoms in total. The molecule has 0 amide bonds. The number of ether oxygens (including phenoxy) is 2. The third-order valence-corrected chi connectivity index (χ3v) is 3.20. The Hall–Kier alpha value is -0.200. The molecule has 0 rings (SSSR count). The van der Waals surface area contributed by atoms with E-state index in [0.717, 1.165) is 19.5 Å². The van der Waals surface area contributed by atoms with E-state index in [-0.39, 0.29) is 18.2 Å². The van der Waals surface area contributed by atoms with Gasteiger partial charge < -0.3 is 20.3 Å². The number of aliphatic hydroxyl groups is 1. The molecule has 5 heteroatoms. The van der Waals surface area contributed by atoms with Crippen molar-refractivity contribution in [2.45, 2.75) is 31.9 Å². The lowest BCUT2D eigenvalue weighted by atomic mass is 9.96. The number of methoxy groups -OCH3 is 2. The third kappa shape index (κ3) is 6.95. The van der Waals surface area contributed by atoms with Crippen LogP contribution in [0, 0.1) is 0 Å². The highest BCUT2D eigenvalue weighted by atomic mass is 16.5. The molecule has 1 atom stereocenters. The highest BCUT2D eigenvalue weighted by Crippen LogP contribution is 2.14. The van der Waals surface area contributed by atoms with E-state index in [0.29, 0.717) is 13.2 Å². The minimum atomic E-state index is -0.313. The Morgan fingerprint density at radius 2 is 1.88 bits per heavy atom. The van der Waals surface area contributed by atoms with Crippen LogP contribution in [0.2, 0.25) is 0 Å². The molecular formula is C12H28N2O3. The summed E-state index contributed by atoms with van der Waals surface area (Å²) in [6.45, 7) is 7.13. The van der Waals surface area contributed by atoms with Gasteiger partial charge in [0.05, 0.1) is 18.8 Å². The molecule has 0 heterocycles. The average molecular weight is 248 g/mol. The van der Waals surface area contributed by atoms with Gasteiger partial charge in [-0.15, -0.1) is 0 Å². The van der Waals surface area contributed by atoms with Gasteiger partial charge in [0, 0.05) is 33.4 Å². The minimum Gasteiger partial charge on any atom is -0.395 e. The lowest BCUT2D eigenvalue weighted by Gasteiger charge is -2.32. The summed E-state index contributed by atoms with van der Waals surface area (Å²) < 4.78 is 10.4. The van der Waals surface area contributed by atoms with E-state index in [9.17, 15) is 0 Å². The van der Waals surface area contributed by atoms with E-state index >= 15 is 0 Å². The number of aliphatic hydroxyl groups excluding tert-OH is 1. The molecule has 0 saturated heterocycles. The molecule has 0 aromatic rings. The van der Waals surface area contributed by atoms with Crippen molar-refractivity contribution in [2.24, 2.45) is 5.73 Å². The molecule has 0 saturated carbocycles. The Kier molecular flexibility index (Phi) is 8.72. The van der Waals surface area contributed by atoms with E-state index in [2.05, 4.69) is 4.90 Å². The second-order valence-electron chi connectivity index (χ2n) is 4.76. The molecule has 0 aliphatic heterocycles. The Balaban J connectivity index is 4.02. The first-order valence-electron chi connectivity index (χ1n) is 6.10. The van der Waals surface area contributed by atoms with Crippen molar-refractivity contribution in [2.75, 3.05) is 47.1 Å². The van der Waals surface area contributed by atoms with Crippen LogP contribution in [-0.4, -0.2) is 68.7 Å². The van der Waals surface area contributed by atoms with E-state index < -0.39 is 0 Å². The van der Waals surface area contributed by atoms with Gasteiger partial charge in [0.2, 0.25) is 0 Å². The molecule has 0 aromatic heterocycles. The predicted octanol–water partition coefficient (Wildman–Crippen LogP) is 0.0695. The molecular weight excluding hydrogens is 220 g/mol. The van der Waals surface area contributed by atoms with Gasteiger partial charge in [0.15, 0.2) is 0 Å². The van der Waals surface area contributed by atoms with Gasteiger partial charge in [-0.3, -0.25) is 4.90 Å². The zero-order valence-electron chi connectivity index (χ0n) is 11.6. The van der Waals surface area contributed by atoms with Gasteiger partial charge in [0.25, 0.3) is 0 Å². The number of nitrogens with two attached hydrogens (primary N) is 1. The Morgan fingerprint density at radius 3 is 2.35 bits per heavy atom. The summed E-state index contributed by atoms with van der Waals surface area (Å²) in [5.74, 6) is 0. The van der Waals surface area contributed by atoms with Gasteiger partial charge >= 0.3 is 0 Å². The van der Waals surface area contributed by atoms with E-state index in [1.807, 2.05) is 13.8 Å². The molecule has 0 aliphatic carbocycles. The van der Waals surface area contributed by atoms with E-state index in [1.54, 1.807) is 14.2 Å². The van der Waals surface area contributed by atoms with Crippen LogP contribution in [0.4, 0.5) is 0 Å². The Bertz CT molecular complexity index is 189. The summed E-state index contributed by atoms with van der Waals surface area (Å²) in [5, 5.41) is 8.97. The van der Waals surface area contributed by atoms with Gasteiger partial charge in [-0.1, -0.05) is 0 Å². The van der Waals surface area contributed by atoms with Crippen LogP contribution in [-0.2, 0) is 9.47 Å². The fraction of sp³-hybridized carbons (Fsp3) is 1.00. The third-order valence-electron chi connectivity index (χ3n) is 3.20. The average Bonchev–Trinajstić information content (AvgIpc) is 2.32. The Morgan fingerprint density at radius 1 is 1.24 bits per heavy atom. The number of nitrogens with zero attached hydrogens (tertiary/aromatic N) is 1. The van der Waals surface area contributed by atoms with Crippen LogP contribution < -0.4 is 5.73 Å². The number of hydrogen-bond acceptors (Lipinski definition) is 5. The van der Waals surface area contributed by atoms with Crippen LogP contribution in [0.25, 0.3) is 0 Å². The van der Waals surface area contributed by atoms with Crippen molar-refractivity contribution < 1.29 is 14.6 Å². The van der Waals surface area contributed by atoms with Crippen LogP contribution in [0.3, 0.4) is 0 Å². The maximum absolute atomic E-state index is 8.97. The van der Waals surface area contributed by atoms with Crippen molar-refractivity contribution in [3.05, 3.63) is 0 Å². The summed E-state index contributed by atoms with van der Waals surface area (Å²) in [5.41, 5.74) is 5.78. The molecule has 17 heavy (non-hydrogen) atoms. The summed E-state index contributed by atoms with van der Waals surface area (Å²) in [7, 11) is 3.35. The van der Waals surface area contributed by atoms with Gasteiger partial charge in [0.1, 0.15) is 0 Å². The fourth-order valence-corrected chi connectivity index (χ4v) is 1.52. The van der Waals surface area contributed by atoms with E-state index in [1.165, 1.54) is 0 Å². The zero-order chi connectivity index (χ0) is 13.3. The van der Waals surface area contributed by atoms with Crippen LogP contribution in [0.5, 0.6) is 0 Å². The van der Waals surface area contributed by atoms with Crippen molar-refractivity contribution in [1.82, 2.24) is 4.90 Å².